The van der Waals surface area contributed by atoms with E-state index in [1.54, 1.807) is 23.4 Å². The van der Waals surface area contributed by atoms with Gasteiger partial charge in [0.1, 0.15) is 0 Å². The molecule has 1 aromatic carbocycles. The number of hydrogen-bond acceptors (Lipinski definition) is 3. The number of benzene rings is 1. The maximum atomic E-state index is 13.1. The highest BCUT2D eigenvalue weighted by molar-refractivity contribution is 6.30. The molecule has 0 radical (unpaired) electrons. The van der Waals surface area contributed by atoms with Gasteiger partial charge in [0.2, 0.25) is 5.91 Å². The average Bonchev–Trinajstić information content (AvgIpc) is 2.94. The standard InChI is InChI=1S/C18H24ClN3O2/c1-12(2)17(14-4-6-15(19)7-5-14)18(24)22(8-9-23)10-16-13(3)20-11-21-16/h4-7,11-12,17,23H,8-10H2,1-3H3,(H,20,21). The molecule has 2 rings (SSSR count). The summed E-state index contributed by atoms with van der Waals surface area (Å²) < 4.78 is 0. The van der Waals surface area contributed by atoms with Gasteiger partial charge in [0.15, 0.2) is 0 Å². The van der Waals surface area contributed by atoms with Gasteiger partial charge in [0, 0.05) is 17.3 Å². The Hall–Kier alpha value is -1.85. The zero-order valence-corrected chi connectivity index (χ0v) is 15.0. The number of aromatic amines is 1. The van der Waals surface area contributed by atoms with Crippen LogP contribution >= 0.6 is 11.6 Å². The van der Waals surface area contributed by atoms with Crippen LogP contribution in [0.15, 0.2) is 30.6 Å². The predicted molar refractivity (Wildman–Crippen MR) is 94.9 cm³/mol. The van der Waals surface area contributed by atoms with E-state index in [9.17, 15) is 9.90 Å². The Morgan fingerprint density at radius 2 is 2.00 bits per heavy atom. The van der Waals surface area contributed by atoms with Gasteiger partial charge in [-0.1, -0.05) is 37.6 Å². The van der Waals surface area contributed by atoms with Crippen LogP contribution in [0.3, 0.4) is 0 Å². The van der Waals surface area contributed by atoms with Crippen molar-refractivity contribution in [1.82, 2.24) is 14.9 Å². The molecule has 0 saturated carbocycles. The third-order valence-electron chi connectivity index (χ3n) is 4.12. The number of nitrogens with zero attached hydrogens (tertiary/aromatic N) is 2. The molecule has 1 heterocycles. The minimum absolute atomic E-state index is 0.0104. The molecule has 130 valence electrons. The molecule has 1 unspecified atom stereocenters. The van der Waals surface area contributed by atoms with E-state index in [1.165, 1.54) is 0 Å². The van der Waals surface area contributed by atoms with E-state index in [1.807, 2.05) is 32.9 Å². The summed E-state index contributed by atoms with van der Waals surface area (Å²) >= 11 is 5.96. The third kappa shape index (κ3) is 4.36. The molecule has 0 fully saturated rings. The maximum absolute atomic E-state index is 13.1. The number of aliphatic hydroxyl groups excluding tert-OH is 1. The monoisotopic (exact) mass is 349 g/mol. The van der Waals surface area contributed by atoms with Gasteiger partial charge in [-0.2, -0.15) is 0 Å². The lowest BCUT2D eigenvalue weighted by Crippen LogP contribution is -2.38. The zero-order chi connectivity index (χ0) is 17.7. The molecule has 2 N–H and O–H groups in total. The van der Waals surface area contributed by atoms with E-state index in [2.05, 4.69) is 9.97 Å². The summed E-state index contributed by atoms with van der Waals surface area (Å²) in [5.74, 6) is -0.169. The molecular weight excluding hydrogens is 326 g/mol. The molecule has 0 aliphatic rings. The molecule has 0 saturated heterocycles. The fourth-order valence-corrected chi connectivity index (χ4v) is 2.92. The van der Waals surface area contributed by atoms with Gasteiger partial charge >= 0.3 is 0 Å². The molecule has 2 aromatic rings. The smallest absolute Gasteiger partial charge is 0.230 e. The minimum atomic E-state index is -0.284. The molecule has 24 heavy (non-hydrogen) atoms. The van der Waals surface area contributed by atoms with Crippen molar-refractivity contribution in [1.29, 1.82) is 0 Å². The molecule has 1 amide bonds. The van der Waals surface area contributed by atoms with Crippen LogP contribution in [0.5, 0.6) is 0 Å². The molecule has 1 atom stereocenters. The number of aryl methyl sites for hydroxylation is 1. The lowest BCUT2D eigenvalue weighted by Gasteiger charge is -2.29. The largest absolute Gasteiger partial charge is 0.395 e. The number of aliphatic hydroxyl groups is 1. The molecule has 0 spiro atoms. The Labute approximate surface area is 147 Å². The van der Waals surface area contributed by atoms with Gasteiger partial charge in [-0.25, -0.2) is 4.98 Å². The highest BCUT2D eigenvalue weighted by Gasteiger charge is 2.29. The molecule has 0 aliphatic carbocycles. The lowest BCUT2D eigenvalue weighted by molar-refractivity contribution is -0.135. The number of rotatable bonds is 7. The second-order valence-corrected chi connectivity index (χ2v) is 6.67. The van der Waals surface area contributed by atoms with Crippen LogP contribution in [0.25, 0.3) is 0 Å². The number of H-pyrrole nitrogens is 1. The van der Waals surface area contributed by atoms with Gasteiger partial charge in [-0.05, 0) is 30.5 Å². The Bertz CT molecular complexity index is 667. The number of carbonyl (C=O) groups is 1. The van der Waals surface area contributed by atoms with Crippen LogP contribution in [-0.2, 0) is 11.3 Å². The summed E-state index contributed by atoms with van der Waals surface area (Å²) in [4.78, 5) is 22.1. The third-order valence-corrected chi connectivity index (χ3v) is 4.37. The Morgan fingerprint density at radius 1 is 1.33 bits per heavy atom. The van der Waals surface area contributed by atoms with E-state index >= 15 is 0 Å². The van der Waals surface area contributed by atoms with Crippen LogP contribution in [0.1, 0.15) is 36.7 Å². The summed E-state index contributed by atoms with van der Waals surface area (Å²) in [7, 11) is 0. The van der Waals surface area contributed by atoms with Crippen molar-refractivity contribution in [3.63, 3.8) is 0 Å². The van der Waals surface area contributed by atoms with Crippen LogP contribution in [0.4, 0.5) is 0 Å². The van der Waals surface area contributed by atoms with E-state index in [4.69, 9.17) is 11.6 Å². The van der Waals surface area contributed by atoms with Gasteiger partial charge < -0.3 is 15.0 Å². The van der Waals surface area contributed by atoms with Crippen molar-refractivity contribution in [2.75, 3.05) is 13.2 Å². The second-order valence-electron chi connectivity index (χ2n) is 6.23. The number of halogens is 1. The van der Waals surface area contributed by atoms with E-state index in [-0.39, 0.29) is 30.9 Å². The first kappa shape index (κ1) is 18.5. The molecular formula is C18H24ClN3O2. The number of aromatic nitrogens is 2. The highest BCUT2D eigenvalue weighted by atomic mass is 35.5. The van der Waals surface area contributed by atoms with Crippen molar-refractivity contribution in [2.24, 2.45) is 5.92 Å². The summed E-state index contributed by atoms with van der Waals surface area (Å²) in [6.07, 6.45) is 1.62. The normalized spacial score (nSPS) is 12.4. The van der Waals surface area contributed by atoms with Crippen molar-refractivity contribution in [3.05, 3.63) is 52.6 Å². The second kappa shape index (κ2) is 8.31. The van der Waals surface area contributed by atoms with Crippen molar-refractivity contribution < 1.29 is 9.90 Å². The number of nitrogens with one attached hydrogen (secondary N) is 1. The van der Waals surface area contributed by atoms with Gasteiger partial charge in [0.25, 0.3) is 0 Å². The Kier molecular flexibility index (Phi) is 6.40. The van der Waals surface area contributed by atoms with Gasteiger partial charge in [-0.15, -0.1) is 0 Å². The minimum Gasteiger partial charge on any atom is -0.395 e. The summed E-state index contributed by atoms with van der Waals surface area (Å²) in [5, 5.41) is 10.0. The quantitative estimate of drug-likeness (QED) is 0.806. The van der Waals surface area contributed by atoms with Crippen molar-refractivity contribution >= 4 is 17.5 Å². The molecule has 0 aliphatic heterocycles. The number of hydrogen-bond donors (Lipinski definition) is 2. The SMILES string of the molecule is Cc1[nH]cnc1CN(CCO)C(=O)C(c1ccc(Cl)cc1)C(C)C. The van der Waals surface area contributed by atoms with E-state index < -0.39 is 0 Å². The lowest BCUT2D eigenvalue weighted by atomic mass is 9.87. The van der Waals surface area contributed by atoms with Crippen LogP contribution < -0.4 is 0 Å². The van der Waals surface area contributed by atoms with Crippen LogP contribution in [0.2, 0.25) is 5.02 Å². The molecule has 5 nitrogen and oxygen atoms in total. The maximum Gasteiger partial charge on any atom is 0.230 e. The zero-order valence-electron chi connectivity index (χ0n) is 14.3. The Morgan fingerprint density at radius 3 is 2.50 bits per heavy atom. The summed E-state index contributed by atoms with van der Waals surface area (Å²) in [6, 6.07) is 7.38. The predicted octanol–water partition coefficient (Wildman–Crippen LogP) is 3.13. The fraction of sp³-hybridized carbons (Fsp3) is 0.444. The number of amides is 1. The first-order valence-electron chi connectivity index (χ1n) is 8.08. The number of carbonyl (C=O) groups excluding carboxylic acids is 1. The van der Waals surface area contributed by atoms with E-state index in [0.717, 1.165) is 17.0 Å². The first-order chi connectivity index (χ1) is 11.4. The molecule has 0 bridgehead atoms. The van der Waals surface area contributed by atoms with Crippen molar-refractivity contribution in [3.8, 4) is 0 Å². The number of imidazole rings is 1. The van der Waals surface area contributed by atoms with Gasteiger partial charge in [0.05, 0.1) is 31.1 Å². The summed E-state index contributed by atoms with van der Waals surface area (Å²) in [5.41, 5.74) is 2.68. The van der Waals surface area contributed by atoms with Crippen LogP contribution in [0, 0.1) is 12.8 Å². The topological polar surface area (TPSA) is 69.2 Å². The Balaban J connectivity index is 2.27. The molecule has 1 aromatic heterocycles. The van der Waals surface area contributed by atoms with Gasteiger partial charge in [-0.3, -0.25) is 4.79 Å². The average molecular weight is 350 g/mol. The van der Waals surface area contributed by atoms with E-state index in [0.29, 0.717) is 11.6 Å². The highest BCUT2D eigenvalue weighted by Crippen LogP contribution is 2.28. The van der Waals surface area contributed by atoms with Crippen molar-refractivity contribution in [2.45, 2.75) is 33.2 Å². The van der Waals surface area contributed by atoms with Crippen LogP contribution in [-0.4, -0.2) is 39.0 Å². The first-order valence-corrected chi connectivity index (χ1v) is 8.45. The summed E-state index contributed by atoms with van der Waals surface area (Å²) in [6.45, 7) is 6.54. The molecule has 6 heteroatoms. The fourth-order valence-electron chi connectivity index (χ4n) is 2.79.